The van der Waals surface area contributed by atoms with Gasteiger partial charge in [0.15, 0.2) is 0 Å². The predicted molar refractivity (Wildman–Crippen MR) is 147 cm³/mol. The second-order valence-electron chi connectivity index (χ2n) is 9.01. The van der Waals surface area contributed by atoms with Crippen molar-refractivity contribution < 1.29 is 24.3 Å². The molecule has 3 amide bonds. The summed E-state index contributed by atoms with van der Waals surface area (Å²) in [6.45, 7) is 3.74. The molecule has 0 saturated heterocycles. The zero-order valence-electron chi connectivity index (χ0n) is 21.5. The van der Waals surface area contributed by atoms with Crippen molar-refractivity contribution in [3.05, 3.63) is 35.9 Å². The molecule has 36 heavy (non-hydrogen) atoms. The van der Waals surface area contributed by atoms with Crippen molar-refractivity contribution in [3.63, 3.8) is 0 Å². The van der Waals surface area contributed by atoms with Gasteiger partial charge in [-0.15, -0.1) is 0 Å². The van der Waals surface area contributed by atoms with Gasteiger partial charge < -0.3 is 26.8 Å². The van der Waals surface area contributed by atoms with Gasteiger partial charge in [-0.1, -0.05) is 44.2 Å². The molecule has 9 nitrogen and oxygen atoms in total. The highest BCUT2D eigenvalue weighted by Gasteiger charge is 2.30. The minimum Gasteiger partial charge on any atom is -0.480 e. The smallest absolute Gasteiger partial charge is 0.326 e. The van der Waals surface area contributed by atoms with E-state index in [2.05, 4.69) is 16.0 Å². The molecule has 11 heteroatoms. The van der Waals surface area contributed by atoms with Gasteiger partial charge in [-0.2, -0.15) is 23.5 Å². The Bertz CT molecular complexity index is 841. The van der Waals surface area contributed by atoms with Crippen molar-refractivity contribution in [2.24, 2.45) is 11.7 Å². The molecule has 202 valence electrons. The SMILES string of the molecule is CSCCC(NC(=O)C(N)Cc1ccccc1)C(=O)NC(CCSC)C(=O)NC(CC(C)C)C(=O)O. The fraction of sp³-hybridized carbons (Fsp3) is 0.600. The van der Waals surface area contributed by atoms with E-state index >= 15 is 0 Å². The van der Waals surface area contributed by atoms with E-state index in [0.29, 0.717) is 30.8 Å². The number of benzene rings is 1. The van der Waals surface area contributed by atoms with Gasteiger partial charge in [-0.25, -0.2) is 4.79 Å². The molecule has 0 aliphatic heterocycles. The Hall–Kier alpha value is -2.24. The number of carboxylic acids is 1. The minimum atomic E-state index is -1.12. The summed E-state index contributed by atoms with van der Waals surface area (Å²) in [7, 11) is 0. The van der Waals surface area contributed by atoms with Crippen molar-refractivity contribution >= 4 is 47.2 Å². The first kappa shape index (κ1) is 31.8. The summed E-state index contributed by atoms with van der Waals surface area (Å²) in [4.78, 5) is 50.5. The summed E-state index contributed by atoms with van der Waals surface area (Å²) in [5.41, 5.74) is 7.00. The monoisotopic (exact) mass is 540 g/mol. The molecule has 0 heterocycles. The van der Waals surface area contributed by atoms with Gasteiger partial charge in [0.2, 0.25) is 17.7 Å². The van der Waals surface area contributed by atoms with Crippen LogP contribution < -0.4 is 21.7 Å². The maximum atomic E-state index is 13.2. The third-order valence-electron chi connectivity index (χ3n) is 5.44. The Labute approximate surface area is 222 Å². The van der Waals surface area contributed by atoms with E-state index in [1.807, 2.05) is 56.7 Å². The zero-order chi connectivity index (χ0) is 27.1. The van der Waals surface area contributed by atoms with E-state index in [-0.39, 0.29) is 12.3 Å². The average Bonchev–Trinajstić information content (AvgIpc) is 2.83. The highest BCUT2D eigenvalue weighted by atomic mass is 32.2. The topological polar surface area (TPSA) is 151 Å². The molecule has 0 fully saturated rings. The number of hydrogen-bond acceptors (Lipinski definition) is 7. The second-order valence-corrected chi connectivity index (χ2v) is 11.0. The van der Waals surface area contributed by atoms with Crippen LogP contribution >= 0.6 is 23.5 Å². The normalized spacial score (nSPS) is 14.4. The van der Waals surface area contributed by atoms with Gasteiger partial charge in [0.1, 0.15) is 18.1 Å². The number of nitrogens with two attached hydrogens (primary N) is 1. The lowest BCUT2D eigenvalue weighted by atomic mass is 10.0. The van der Waals surface area contributed by atoms with Gasteiger partial charge in [0, 0.05) is 0 Å². The summed E-state index contributed by atoms with van der Waals surface area (Å²) in [5.74, 6) is -1.36. The molecule has 1 aromatic carbocycles. The minimum absolute atomic E-state index is 0.0665. The van der Waals surface area contributed by atoms with E-state index in [9.17, 15) is 24.3 Å². The maximum Gasteiger partial charge on any atom is 0.326 e. The van der Waals surface area contributed by atoms with Gasteiger partial charge in [0.25, 0.3) is 0 Å². The van der Waals surface area contributed by atoms with E-state index in [1.54, 1.807) is 0 Å². The molecule has 0 spiro atoms. The summed E-state index contributed by atoms with van der Waals surface area (Å²) in [5, 5.41) is 17.5. The van der Waals surface area contributed by atoms with Crippen LogP contribution in [0.4, 0.5) is 0 Å². The number of nitrogens with one attached hydrogen (secondary N) is 3. The molecule has 0 aliphatic carbocycles. The first-order chi connectivity index (χ1) is 17.1. The number of carbonyl (C=O) groups is 4. The number of carboxylic acid groups (broad SMARTS) is 1. The molecule has 1 rings (SSSR count). The van der Waals surface area contributed by atoms with Crippen LogP contribution in [0.25, 0.3) is 0 Å². The van der Waals surface area contributed by atoms with E-state index in [4.69, 9.17) is 5.73 Å². The summed E-state index contributed by atoms with van der Waals surface area (Å²) in [6, 6.07) is 5.69. The highest BCUT2D eigenvalue weighted by molar-refractivity contribution is 7.98. The average molecular weight is 541 g/mol. The van der Waals surface area contributed by atoms with E-state index in [0.717, 1.165) is 5.56 Å². The van der Waals surface area contributed by atoms with Crippen LogP contribution in [0.5, 0.6) is 0 Å². The molecule has 4 unspecified atom stereocenters. The van der Waals surface area contributed by atoms with E-state index < -0.39 is 47.9 Å². The van der Waals surface area contributed by atoms with Crippen LogP contribution in [-0.4, -0.2) is 77.0 Å². The largest absolute Gasteiger partial charge is 0.480 e. The first-order valence-corrected chi connectivity index (χ1v) is 14.8. The van der Waals surface area contributed by atoms with Crippen LogP contribution in [0.15, 0.2) is 30.3 Å². The standard InChI is InChI=1S/C25H40N4O5S2/c1-16(2)14-21(25(33)34)29-24(32)20(11-13-36-4)28-23(31)19(10-12-35-3)27-22(30)18(26)15-17-8-6-5-7-9-17/h5-9,16,18-21H,10-15,26H2,1-4H3,(H,27,30)(H,28,31)(H,29,32)(H,33,34). The Balaban J connectivity index is 2.91. The predicted octanol–water partition coefficient (Wildman–Crippen LogP) is 1.65. The maximum absolute atomic E-state index is 13.2. The number of hydrogen-bond donors (Lipinski definition) is 5. The van der Waals surface area contributed by atoms with Gasteiger partial charge >= 0.3 is 5.97 Å². The quantitative estimate of drug-likeness (QED) is 0.200. The first-order valence-electron chi connectivity index (χ1n) is 12.0. The molecule has 0 bridgehead atoms. The van der Waals surface area contributed by atoms with Crippen LogP contribution in [0.3, 0.4) is 0 Å². The lowest BCUT2D eigenvalue weighted by molar-refractivity contribution is -0.142. The highest BCUT2D eigenvalue weighted by Crippen LogP contribution is 2.09. The fourth-order valence-corrected chi connectivity index (χ4v) is 4.43. The molecule has 4 atom stereocenters. The molecule has 0 saturated carbocycles. The lowest BCUT2D eigenvalue weighted by Gasteiger charge is -2.25. The lowest BCUT2D eigenvalue weighted by Crippen LogP contribution is -2.57. The Morgan fingerprint density at radius 3 is 1.75 bits per heavy atom. The molecular weight excluding hydrogens is 500 g/mol. The van der Waals surface area contributed by atoms with Crippen molar-refractivity contribution in [1.29, 1.82) is 0 Å². The number of thioether (sulfide) groups is 2. The number of amides is 3. The van der Waals surface area contributed by atoms with Crippen LogP contribution in [0.2, 0.25) is 0 Å². The number of carbonyl (C=O) groups excluding carboxylic acids is 3. The summed E-state index contributed by atoms with van der Waals surface area (Å²) >= 11 is 3.04. The Morgan fingerprint density at radius 2 is 1.31 bits per heavy atom. The van der Waals surface area contributed by atoms with Gasteiger partial charge in [0.05, 0.1) is 6.04 Å². The third-order valence-corrected chi connectivity index (χ3v) is 6.73. The van der Waals surface area contributed by atoms with Crippen LogP contribution in [0, 0.1) is 5.92 Å². The van der Waals surface area contributed by atoms with Crippen molar-refractivity contribution in [3.8, 4) is 0 Å². The molecule has 6 N–H and O–H groups in total. The summed E-state index contributed by atoms with van der Waals surface area (Å²) < 4.78 is 0. The zero-order valence-corrected chi connectivity index (χ0v) is 23.1. The Kier molecular flexibility index (Phi) is 15.2. The second kappa shape index (κ2) is 17.3. The van der Waals surface area contributed by atoms with Crippen LogP contribution in [-0.2, 0) is 25.6 Å². The van der Waals surface area contributed by atoms with Crippen LogP contribution in [0.1, 0.15) is 38.7 Å². The molecule has 0 aliphatic rings. The van der Waals surface area contributed by atoms with Crippen molar-refractivity contribution in [2.45, 2.75) is 63.7 Å². The van der Waals surface area contributed by atoms with Gasteiger partial charge in [-0.3, -0.25) is 14.4 Å². The number of rotatable bonds is 17. The Morgan fingerprint density at radius 1 is 0.833 bits per heavy atom. The molecular formula is C25H40N4O5S2. The third kappa shape index (κ3) is 12.1. The van der Waals surface area contributed by atoms with Crippen molar-refractivity contribution in [1.82, 2.24) is 16.0 Å². The molecule has 1 aromatic rings. The number of aliphatic carboxylic acids is 1. The van der Waals surface area contributed by atoms with E-state index in [1.165, 1.54) is 23.5 Å². The summed E-state index contributed by atoms with van der Waals surface area (Å²) in [6.07, 6.45) is 5.06. The van der Waals surface area contributed by atoms with Gasteiger partial charge in [-0.05, 0) is 61.2 Å². The molecule has 0 aromatic heterocycles. The van der Waals surface area contributed by atoms with Crippen molar-refractivity contribution in [2.75, 3.05) is 24.0 Å². The molecule has 0 radical (unpaired) electrons. The fourth-order valence-electron chi connectivity index (χ4n) is 3.49.